The van der Waals surface area contributed by atoms with Crippen LogP contribution < -0.4 is 5.32 Å². The first-order valence-corrected chi connectivity index (χ1v) is 2.98. The van der Waals surface area contributed by atoms with E-state index in [1.807, 2.05) is 0 Å². The largest absolute Gasteiger partial charge is 0.394 e. The summed E-state index contributed by atoms with van der Waals surface area (Å²) in [6.45, 7) is 0.202. The Balaban J connectivity index is 3.96. The van der Waals surface area contributed by atoms with Crippen LogP contribution in [0.5, 0.6) is 0 Å². The molecule has 0 aliphatic carbocycles. The summed E-state index contributed by atoms with van der Waals surface area (Å²) in [6.07, 6.45) is 1.48. The maximum absolute atomic E-state index is 8.36. The zero-order valence-electron chi connectivity index (χ0n) is 6.15. The Kier molecular flexibility index (Phi) is 5.74. The molecule has 0 fully saturated rings. The Morgan fingerprint density at radius 1 is 1.73 bits per heavy atom. The molecule has 0 saturated heterocycles. The van der Waals surface area contributed by atoms with E-state index in [9.17, 15) is 0 Å². The van der Waals surface area contributed by atoms with Gasteiger partial charge < -0.3 is 10.4 Å². The molecule has 0 unspecified atom stereocenters. The van der Waals surface area contributed by atoms with Crippen molar-refractivity contribution in [1.29, 1.82) is 5.26 Å². The molecule has 0 radical (unpaired) electrons. The van der Waals surface area contributed by atoms with Crippen molar-refractivity contribution in [2.75, 3.05) is 20.2 Å². The molecule has 6 nitrogen and oxygen atoms in total. The Morgan fingerprint density at radius 3 is 2.91 bits per heavy atom. The van der Waals surface area contributed by atoms with Crippen molar-refractivity contribution in [3.8, 4) is 6.19 Å². The molecule has 0 aromatic rings. The Labute approximate surface area is 64.3 Å². The smallest absolute Gasteiger partial charge is 0.238 e. The highest BCUT2D eigenvalue weighted by molar-refractivity contribution is 5.79. The molecule has 0 aromatic heterocycles. The molecule has 2 N–H and O–H groups in total. The van der Waals surface area contributed by atoms with Crippen molar-refractivity contribution in [2.45, 2.75) is 0 Å². The number of azo groups is 1. The van der Waals surface area contributed by atoms with Crippen LogP contribution >= 0.6 is 0 Å². The van der Waals surface area contributed by atoms with E-state index in [1.165, 1.54) is 6.19 Å². The second-order valence-electron chi connectivity index (χ2n) is 1.48. The number of nitrogens with one attached hydrogen (secondary N) is 1. The lowest BCUT2D eigenvalue weighted by Crippen LogP contribution is -2.16. The minimum atomic E-state index is -0.0484. The van der Waals surface area contributed by atoms with Crippen molar-refractivity contribution < 1.29 is 5.11 Å². The summed E-state index contributed by atoms with van der Waals surface area (Å²) in [4.78, 5) is 3.74. The van der Waals surface area contributed by atoms with E-state index in [1.54, 1.807) is 7.05 Å². The Hall–Kier alpha value is -1.48. The molecule has 6 heteroatoms. The van der Waals surface area contributed by atoms with E-state index < -0.39 is 0 Å². The first-order valence-electron chi connectivity index (χ1n) is 2.98. The number of guanidine groups is 1. The predicted octanol–water partition coefficient (Wildman–Crippen LogP) is -0.513. The highest BCUT2D eigenvalue weighted by atomic mass is 16.3. The first kappa shape index (κ1) is 9.52. The average molecular weight is 155 g/mol. The number of nitrogens with zero attached hydrogens (tertiary/aromatic N) is 4. The van der Waals surface area contributed by atoms with Crippen LogP contribution in [0.4, 0.5) is 0 Å². The van der Waals surface area contributed by atoms with Crippen LogP contribution in [0, 0.1) is 11.5 Å². The van der Waals surface area contributed by atoms with Crippen LogP contribution in [-0.2, 0) is 0 Å². The third kappa shape index (κ3) is 4.99. The minimum Gasteiger partial charge on any atom is -0.394 e. The molecule has 0 rings (SSSR count). The number of nitriles is 1. The van der Waals surface area contributed by atoms with Crippen LogP contribution in [0.1, 0.15) is 0 Å². The van der Waals surface area contributed by atoms with E-state index in [0.29, 0.717) is 0 Å². The zero-order valence-corrected chi connectivity index (χ0v) is 6.15. The van der Waals surface area contributed by atoms with Crippen molar-refractivity contribution in [1.82, 2.24) is 5.32 Å². The highest BCUT2D eigenvalue weighted by Gasteiger charge is 1.88. The summed E-state index contributed by atoms with van der Waals surface area (Å²) in [5, 5.41) is 25.4. The summed E-state index contributed by atoms with van der Waals surface area (Å²) in [6, 6.07) is 0. The molecule has 0 spiro atoms. The fourth-order valence-corrected chi connectivity index (χ4v) is 0.386. The van der Waals surface area contributed by atoms with Crippen molar-refractivity contribution in [2.24, 2.45) is 15.2 Å². The maximum atomic E-state index is 8.36. The molecule has 11 heavy (non-hydrogen) atoms. The summed E-state index contributed by atoms with van der Waals surface area (Å²) in [5.41, 5.74) is 0. The van der Waals surface area contributed by atoms with Gasteiger partial charge in [0, 0.05) is 7.05 Å². The van der Waals surface area contributed by atoms with Gasteiger partial charge in [-0.3, -0.25) is 0 Å². The fraction of sp³-hybridized carbons (Fsp3) is 0.600. The molecule has 0 atom stereocenters. The normalized spacial score (nSPS) is 11.5. The van der Waals surface area contributed by atoms with E-state index in [4.69, 9.17) is 10.4 Å². The van der Waals surface area contributed by atoms with Gasteiger partial charge in [-0.25, -0.2) is 4.99 Å². The minimum absolute atomic E-state index is 0.0484. The molecule has 60 valence electrons. The van der Waals surface area contributed by atoms with Gasteiger partial charge in [0.2, 0.25) is 12.2 Å². The van der Waals surface area contributed by atoms with Crippen molar-refractivity contribution >= 4 is 5.96 Å². The molecule has 0 saturated carbocycles. The van der Waals surface area contributed by atoms with Gasteiger partial charge in [-0.15, -0.1) is 5.11 Å². The molecule has 0 bridgehead atoms. The molecular weight excluding hydrogens is 146 g/mol. The second-order valence-corrected chi connectivity index (χ2v) is 1.48. The van der Waals surface area contributed by atoms with Gasteiger partial charge in [0.1, 0.15) is 0 Å². The lowest BCUT2D eigenvalue weighted by molar-refractivity contribution is 0.306. The van der Waals surface area contributed by atoms with E-state index in [0.717, 1.165) is 0 Å². The predicted molar refractivity (Wildman–Crippen MR) is 38.9 cm³/mol. The Morgan fingerprint density at radius 2 is 2.45 bits per heavy atom. The van der Waals surface area contributed by atoms with Gasteiger partial charge in [-0.2, -0.15) is 5.26 Å². The van der Waals surface area contributed by atoms with Gasteiger partial charge >= 0.3 is 0 Å². The van der Waals surface area contributed by atoms with Gasteiger partial charge in [0.25, 0.3) is 0 Å². The Bertz CT molecular complexity index is 192. The topological polar surface area (TPSA) is 93.1 Å². The number of hydrogen-bond donors (Lipinski definition) is 2. The lowest BCUT2D eigenvalue weighted by atomic mass is 10.7. The highest BCUT2D eigenvalue weighted by Crippen LogP contribution is 1.78. The molecular formula is C5H9N5O. The van der Waals surface area contributed by atoms with Crippen molar-refractivity contribution in [3.05, 3.63) is 0 Å². The average Bonchev–Trinajstić information content (AvgIpc) is 2.05. The monoisotopic (exact) mass is 155 g/mol. The molecule has 0 aromatic carbocycles. The summed E-state index contributed by atoms with van der Waals surface area (Å²) in [7, 11) is 1.60. The molecule has 0 heterocycles. The second kappa shape index (κ2) is 6.64. The number of hydrogen-bond acceptors (Lipinski definition) is 4. The molecule has 0 aliphatic rings. The van der Waals surface area contributed by atoms with Gasteiger partial charge in [-0.1, -0.05) is 5.11 Å². The quantitative estimate of drug-likeness (QED) is 0.243. The number of aliphatic hydroxyl groups excluding tert-OH is 1. The van der Waals surface area contributed by atoms with Crippen LogP contribution in [0.3, 0.4) is 0 Å². The van der Waals surface area contributed by atoms with E-state index in [-0.39, 0.29) is 19.1 Å². The van der Waals surface area contributed by atoms with Crippen LogP contribution in [-0.4, -0.2) is 31.3 Å². The third-order valence-corrected chi connectivity index (χ3v) is 0.775. The molecule has 0 aliphatic heterocycles. The van der Waals surface area contributed by atoms with Gasteiger partial charge in [0.15, 0.2) is 0 Å². The number of aliphatic imine (C=N–C) groups is 1. The third-order valence-electron chi connectivity index (χ3n) is 0.775. The first-order chi connectivity index (χ1) is 5.35. The summed E-state index contributed by atoms with van der Waals surface area (Å²) >= 11 is 0. The van der Waals surface area contributed by atoms with E-state index in [2.05, 4.69) is 20.5 Å². The maximum Gasteiger partial charge on any atom is 0.238 e. The van der Waals surface area contributed by atoms with Crippen LogP contribution in [0.15, 0.2) is 15.2 Å². The fourth-order valence-electron chi connectivity index (χ4n) is 0.386. The molecule has 0 amide bonds. The van der Waals surface area contributed by atoms with Gasteiger partial charge in [-0.05, 0) is 0 Å². The van der Waals surface area contributed by atoms with Crippen LogP contribution in [0.2, 0.25) is 0 Å². The van der Waals surface area contributed by atoms with E-state index >= 15 is 0 Å². The van der Waals surface area contributed by atoms with Crippen molar-refractivity contribution in [3.63, 3.8) is 0 Å². The standard InChI is InChI=1S/C5H9N5O/c1-7-5(8-2-3-11)10-9-4-6/h11H,2-3H2,1H3,(H,7,8). The lowest BCUT2D eigenvalue weighted by Gasteiger charge is -1.94. The summed E-state index contributed by atoms with van der Waals surface area (Å²) < 4.78 is 0. The number of rotatable bonds is 2. The number of aliphatic hydroxyl groups is 1. The zero-order chi connectivity index (χ0) is 8.53. The van der Waals surface area contributed by atoms with Crippen LogP contribution in [0.25, 0.3) is 0 Å². The van der Waals surface area contributed by atoms with Gasteiger partial charge in [0.05, 0.1) is 13.2 Å². The SMILES string of the molecule is CNC(N=NC#N)=NCCO. The summed E-state index contributed by atoms with van der Waals surface area (Å²) in [5.74, 6) is 0.237.